The van der Waals surface area contributed by atoms with E-state index in [1.807, 2.05) is 0 Å². The zero-order chi connectivity index (χ0) is 17.4. The second-order valence-electron chi connectivity index (χ2n) is 4.87. The lowest BCUT2D eigenvalue weighted by atomic mass is 10.2. The van der Waals surface area contributed by atoms with Gasteiger partial charge in [-0.25, -0.2) is 0 Å². The second-order valence-corrected chi connectivity index (χ2v) is 5.78. The summed E-state index contributed by atoms with van der Waals surface area (Å²) in [6.45, 7) is 0.280. The highest BCUT2D eigenvalue weighted by Gasteiger charge is 2.15. The molecule has 126 valence electrons. The highest BCUT2D eigenvalue weighted by atomic mass is 79.9. The summed E-state index contributed by atoms with van der Waals surface area (Å²) in [6, 6.07) is 10.1. The van der Waals surface area contributed by atoms with Crippen LogP contribution in [-0.4, -0.2) is 30.1 Å². The van der Waals surface area contributed by atoms with Gasteiger partial charge in [-0.2, -0.15) is 0 Å². The number of aliphatic hydroxyl groups excluding tert-OH is 1. The topological polar surface area (TPSA) is 91.6 Å². The molecule has 0 aliphatic carbocycles. The first-order valence-corrected chi connectivity index (χ1v) is 8.10. The fourth-order valence-corrected chi connectivity index (χ4v) is 2.11. The quantitative estimate of drug-likeness (QED) is 0.497. The fourth-order valence-electron chi connectivity index (χ4n) is 1.85. The minimum atomic E-state index is -0.453. The average molecular weight is 393 g/mol. The number of amides is 2. The molecule has 0 radical (unpaired) electrons. The maximum Gasteiger partial charge on any atom is 0.267 e. The molecule has 1 aromatic heterocycles. The SMILES string of the molecule is O=C(NCCCO)/C(=C\c1ccco1)NC(=O)c1ccc(Br)cc1. The number of aliphatic hydroxyl groups is 1. The monoisotopic (exact) mass is 392 g/mol. The van der Waals surface area contributed by atoms with E-state index in [9.17, 15) is 9.59 Å². The number of carbonyl (C=O) groups is 2. The van der Waals surface area contributed by atoms with Crippen LogP contribution in [0.4, 0.5) is 0 Å². The van der Waals surface area contributed by atoms with E-state index in [1.54, 1.807) is 36.4 Å². The largest absolute Gasteiger partial charge is 0.465 e. The van der Waals surface area contributed by atoms with E-state index in [1.165, 1.54) is 12.3 Å². The normalized spacial score (nSPS) is 11.2. The van der Waals surface area contributed by atoms with Crippen molar-refractivity contribution in [3.05, 3.63) is 64.2 Å². The van der Waals surface area contributed by atoms with E-state index in [0.29, 0.717) is 24.3 Å². The van der Waals surface area contributed by atoms with Crippen LogP contribution in [0.3, 0.4) is 0 Å². The van der Waals surface area contributed by atoms with E-state index in [4.69, 9.17) is 9.52 Å². The highest BCUT2D eigenvalue weighted by molar-refractivity contribution is 9.10. The minimum Gasteiger partial charge on any atom is -0.465 e. The van der Waals surface area contributed by atoms with Crippen LogP contribution < -0.4 is 10.6 Å². The lowest BCUT2D eigenvalue weighted by Gasteiger charge is -2.10. The molecular weight excluding hydrogens is 376 g/mol. The third-order valence-electron chi connectivity index (χ3n) is 3.05. The molecule has 3 N–H and O–H groups in total. The molecule has 0 saturated heterocycles. The van der Waals surface area contributed by atoms with Crippen molar-refractivity contribution >= 4 is 33.8 Å². The van der Waals surface area contributed by atoms with Gasteiger partial charge in [-0.1, -0.05) is 15.9 Å². The molecule has 0 unspecified atom stereocenters. The molecule has 0 saturated carbocycles. The fraction of sp³-hybridized carbons (Fsp3) is 0.176. The van der Waals surface area contributed by atoms with Gasteiger partial charge in [0.1, 0.15) is 11.5 Å². The van der Waals surface area contributed by atoms with Gasteiger partial charge in [0.15, 0.2) is 0 Å². The molecule has 2 rings (SSSR count). The first kappa shape index (κ1) is 18.0. The molecule has 7 heteroatoms. The summed E-state index contributed by atoms with van der Waals surface area (Å²) in [7, 11) is 0. The van der Waals surface area contributed by atoms with Gasteiger partial charge in [-0.05, 0) is 42.8 Å². The van der Waals surface area contributed by atoms with Gasteiger partial charge in [0, 0.05) is 29.3 Å². The van der Waals surface area contributed by atoms with Crippen LogP contribution in [0, 0.1) is 0 Å². The summed E-state index contributed by atoms with van der Waals surface area (Å²) < 4.78 is 6.04. The van der Waals surface area contributed by atoms with Gasteiger partial charge in [-0.15, -0.1) is 0 Å². The Morgan fingerprint density at radius 1 is 1.21 bits per heavy atom. The molecule has 6 nitrogen and oxygen atoms in total. The van der Waals surface area contributed by atoms with Crippen molar-refractivity contribution < 1.29 is 19.1 Å². The van der Waals surface area contributed by atoms with Crippen molar-refractivity contribution in [3.8, 4) is 0 Å². The van der Waals surface area contributed by atoms with Crippen LogP contribution in [0.5, 0.6) is 0 Å². The minimum absolute atomic E-state index is 0.0250. The van der Waals surface area contributed by atoms with Crippen molar-refractivity contribution in [1.29, 1.82) is 0 Å². The van der Waals surface area contributed by atoms with Gasteiger partial charge >= 0.3 is 0 Å². The van der Waals surface area contributed by atoms with E-state index < -0.39 is 11.8 Å². The Bertz CT molecular complexity index is 709. The van der Waals surface area contributed by atoms with Crippen LogP contribution in [0.2, 0.25) is 0 Å². The number of nitrogens with one attached hydrogen (secondary N) is 2. The third kappa shape index (κ3) is 5.36. The van der Waals surface area contributed by atoms with Crippen molar-refractivity contribution in [2.75, 3.05) is 13.2 Å². The summed E-state index contributed by atoms with van der Waals surface area (Å²) >= 11 is 3.30. The number of rotatable bonds is 7. The van der Waals surface area contributed by atoms with Crippen molar-refractivity contribution in [2.24, 2.45) is 0 Å². The number of halogens is 1. The van der Waals surface area contributed by atoms with Crippen LogP contribution in [-0.2, 0) is 4.79 Å². The molecule has 0 aliphatic rings. The standard InChI is InChI=1S/C17H17BrN2O4/c18-13-6-4-12(5-7-13)16(22)20-15(11-14-3-1-10-24-14)17(23)19-8-2-9-21/h1,3-7,10-11,21H,2,8-9H2,(H,19,23)(H,20,22)/b15-11+. The molecular formula is C17H17BrN2O4. The van der Waals surface area contributed by atoms with E-state index in [0.717, 1.165) is 4.47 Å². The number of benzene rings is 1. The molecule has 0 fully saturated rings. The first-order chi connectivity index (χ1) is 11.6. The smallest absolute Gasteiger partial charge is 0.267 e. The van der Waals surface area contributed by atoms with Crippen LogP contribution in [0.15, 0.2) is 57.2 Å². The van der Waals surface area contributed by atoms with Crippen LogP contribution in [0.1, 0.15) is 22.5 Å². The highest BCUT2D eigenvalue weighted by Crippen LogP contribution is 2.12. The van der Waals surface area contributed by atoms with Gasteiger partial charge in [0.2, 0.25) is 0 Å². The second kappa shape index (κ2) is 9.05. The van der Waals surface area contributed by atoms with Crippen LogP contribution in [0.25, 0.3) is 6.08 Å². The van der Waals surface area contributed by atoms with E-state index >= 15 is 0 Å². The summed E-state index contributed by atoms with van der Waals surface area (Å²) in [5.74, 6) is -0.415. The third-order valence-corrected chi connectivity index (χ3v) is 3.58. The Hall–Kier alpha value is -2.38. The zero-order valence-corrected chi connectivity index (χ0v) is 14.4. The van der Waals surface area contributed by atoms with Gasteiger partial charge < -0.3 is 20.2 Å². The van der Waals surface area contributed by atoms with Crippen molar-refractivity contribution in [1.82, 2.24) is 10.6 Å². The summed E-state index contributed by atoms with van der Waals surface area (Å²) in [5, 5.41) is 14.0. The Balaban J connectivity index is 2.14. The molecule has 2 aromatic rings. The van der Waals surface area contributed by atoms with Gasteiger partial charge in [-0.3, -0.25) is 9.59 Å². The number of carbonyl (C=O) groups excluding carboxylic acids is 2. The molecule has 1 aromatic carbocycles. The maximum atomic E-state index is 12.3. The maximum absolute atomic E-state index is 12.3. The Morgan fingerprint density at radius 2 is 1.96 bits per heavy atom. The van der Waals surface area contributed by atoms with Crippen molar-refractivity contribution in [2.45, 2.75) is 6.42 Å². The van der Waals surface area contributed by atoms with E-state index in [-0.39, 0.29) is 12.3 Å². The molecule has 0 atom stereocenters. The molecule has 0 spiro atoms. The van der Waals surface area contributed by atoms with Gasteiger partial charge in [0.05, 0.1) is 6.26 Å². The lowest BCUT2D eigenvalue weighted by molar-refractivity contribution is -0.117. The first-order valence-electron chi connectivity index (χ1n) is 7.31. The lowest BCUT2D eigenvalue weighted by Crippen LogP contribution is -2.35. The molecule has 1 heterocycles. The summed E-state index contributed by atoms with van der Waals surface area (Å²) in [4.78, 5) is 24.6. The summed E-state index contributed by atoms with van der Waals surface area (Å²) in [6.07, 6.45) is 3.36. The number of hydrogen-bond acceptors (Lipinski definition) is 4. The molecule has 0 bridgehead atoms. The number of furan rings is 1. The van der Waals surface area contributed by atoms with Crippen molar-refractivity contribution in [3.63, 3.8) is 0 Å². The van der Waals surface area contributed by atoms with E-state index in [2.05, 4.69) is 26.6 Å². The molecule has 24 heavy (non-hydrogen) atoms. The Kier molecular flexibility index (Phi) is 6.77. The summed E-state index contributed by atoms with van der Waals surface area (Å²) in [5.41, 5.74) is 0.488. The average Bonchev–Trinajstić information content (AvgIpc) is 3.08. The predicted molar refractivity (Wildman–Crippen MR) is 93.0 cm³/mol. The van der Waals surface area contributed by atoms with Gasteiger partial charge in [0.25, 0.3) is 11.8 Å². The predicted octanol–water partition coefficient (Wildman–Crippen LogP) is 2.31. The molecule has 0 aliphatic heterocycles. The Morgan fingerprint density at radius 3 is 2.58 bits per heavy atom. The number of hydrogen-bond donors (Lipinski definition) is 3. The Labute approximate surface area is 147 Å². The zero-order valence-electron chi connectivity index (χ0n) is 12.8. The van der Waals surface area contributed by atoms with Crippen LogP contribution >= 0.6 is 15.9 Å². The molecule has 2 amide bonds.